The van der Waals surface area contributed by atoms with Gasteiger partial charge >= 0.3 is 5.97 Å². The summed E-state index contributed by atoms with van der Waals surface area (Å²) >= 11 is 0. The van der Waals surface area contributed by atoms with Crippen molar-refractivity contribution >= 4 is 11.9 Å². The second-order valence-electron chi connectivity index (χ2n) is 5.60. The summed E-state index contributed by atoms with van der Waals surface area (Å²) in [7, 11) is 0. The van der Waals surface area contributed by atoms with Crippen LogP contribution in [0.15, 0.2) is 54.8 Å². The fourth-order valence-corrected chi connectivity index (χ4v) is 2.89. The lowest BCUT2D eigenvalue weighted by molar-refractivity contribution is -0.139. The van der Waals surface area contributed by atoms with Crippen molar-refractivity contribution in [1.29, 1.82) is 0 Å². The van der Waals surface area contributed by atoms with Crippen LogP contribution in [-0.4, -0.2) is 29.9 Å². The van der Waals surface area contributed by atoms with Crippen molar-refractivity contribution in [3.05, 3.63) is 72.0 Å². The molecule has 1 aliphatic heterocycles. The van der Waals surface area contributed by atoms with E-state index in [4.69, 9.17) is 4.74 Å². The Morgan fingerprint density at radius 2 is 2.08 bits per heavy atom. The molecule has 1 unspecified atom stereocenters. The highest BCUT2D eigenvalue weighted by atomic mass is 19.1. The second-order valence-corrected chi connectivity index (χ2v) is 5.60. The van der Waals surface area contributed by atoms with Gasteiger partial charge in [-0.3, -0.25) is 4.79 Å². The van der Waals surface area contributed by atoms with E-state index in [0.29, 0.717) is 5.70 Å². The van der Waals surface area contributed by atoms with Crippen molar-refractivity contribution in [2.75, 3.05) is 13.2 Å². The first kappa shape index (κ1) is 18.6. The van der Waals surface area contributed by atoms with E-state index in [2.05, 4.69) is 13.2 Å². The highest BCUT2D eigenvalue weighted by molar-refractivity contribution is 5.96. The van der Waals surface area contributed by atoms with E-state index in [0.717, 1.165) is 12.1 Å². The molecule has 0 bridgehead atoms. The summed E-state index contributed by atoms with van der Waals surface area (Å²) in [4.78, 5) is 26.3. The van der Waals surface area contributed by atoms with Crippen molar-refractivity contribution in [2.45, 2.75) is 19.3 Å². The molecule has 1 amide bonds. The van der Waals surface area contributed by atoms with Crippen molar-refractivity contribution in [3.8, 4) is 0 Å². The zero-order valence-electron chi connectivity index (χ0n) is 13.9. The predicted molar refractivity (Wildman–Crippen MR) is 89.5 cm³/mol. The Bertz CT molecular complexity index is 755. The summed E-state index contributed by atoms with van der Waals surface area (Å²) in [6.45, 7) is 8.89. The number of ether oxygens (including phenoxy) is 1. The molecule has 0 saturated heterocycles. The van der Waals surface area contributed by atoms with E-state index in [1.165, 1.54) is 23.1 Å². The number of esters is 1. The molecule has 25 heavy (non-hydrogen) atoms. The SMILES string of the molecule is C=CCOC(=O)C1=C(C)N(CC=C)C(=O)CC1c1ccc(F)cc1F. The smallest absolute Gasteiger partial charge is 0.336 e. The Morgan fingerprint density at radius 1 is 1.36 bits per heavy atom. The van der Waals surface area contributed by atoms with Crippen molar-refractivity contribution in [1.82, 2.24) is 4.90 Å². The Balaban J connectivity index is 2.55. The highest BCUT2D eigenvalue weighted by Crippen LogP contribution is 2.38. The number of rotatable bonds is 6. The first-order valence-corrected chi connectivity index (χ1v) is 7.75. The van der Waals surface area contributed by atoms with Gasteiger partial charge in [0.1, 0.15) is 18.2 Å². The maximum atomic E-state index is 14.3. The van der Waals surface area contributed by atoms with E-state index in [-0.39, 0.29) is 36.6 Å². The molecule has 0 radical (unpaired) electrons. The molecule has 1 aliphatic rings. The van der Waals surface area contributed by atoms with E-state index in [9.17, 15) is 18.4 Å². The largest absolute Gasteiger partial charge is 0.458 e. The van der Waals surface area contributed by atoms with Crippen LogP contribution in [0.4, 0.5) is 8.78 Å². The molecule has 0 spiro atoms. The van der Waals surface area contributed by atoms with Crippen LogP contribution in [0.1, 0.15) is 24.8 Å². The summed E-state index contributed by atoms with van der Waals surface area (Å²) in [5, 5.41) is 0. The van der Waals surface area contributed by atoms with Gasteiger partial charge in [0.05, 0.1) is 5.57 Å². The minimum atomic E-state index is -0.841. The van der Waals surface area contributed by atoms with Crippen LogP contribution in [-0.2, 0) is 14.3 Å². The molecular weight excluding hydrogens is 328 g/mol. The molecule has 1 aromatic rings. The third-order valence-corrected chi connectivity index (χ3v) is 4.02. The molecule has 1 aromatic carbocycles. The van der Waals surface area contributed by atoms with Crippen molar-refractivity contribution in [3.63, 3.8) is 0 Å². The molecule has 0 fully saturated rings. The number of carbonyl (C=O) groups is 2. The van der Waals surface area contributed by atoms with Gasteiger partial charge in [0.2, 0.25) is 5.91 Å². The van der Waals surface area contributed by atoms with Crippen LogP contribution < -0.4 is 0 Å². The van der Waals surface area contributed by atoms with Gasteiger partial charge in [0, 0.05) is 30.6 Å². The molecule has 2 rings (SSSR count). The standard InChI is InChI=1S/C19H19F2NO3/c1-4-8-22-12(3)18(19(24)25-9-5-2)15(11-17(22)23)14-7-6-13(20)10-16(14)21/h4-7,10,15H,1-2,8-9,11H2,3H3. The third-order valence-electron chi connectivity index (χ3n) is 4.02. The van der Waals surface area contributed by atoms with E-state index in [1.807, 2.05) is 0 Å². The van der Waals surface area contributed by atoms with Crippen LogP contribution in [0.5, 0.6) is 0 Å². The minimum absolute atomic E-state index is 0.0103. The van der Waals surface area contributed by atoms with Gasteiger partial charge in [0.25, 0.3) is 0 Å². The molecule has 4 nitrogen and oxygen atoms in total. The van der Waals surface area contributed by atoms with Gasteiger partial charge in [-0.1, -0.05) is 24.8 Å². The molecule has 1 atom stereocenters. The first-order chi connectivity index (χ1) is 11.9. The number of amides is 1. The van der Waals surface area contributed by atoms with E-state index in [1.54, 1.807) is 6.92 Å². The maximum absolute atomic E-state index is 14.3. The summed E-state index contributed by atoms with van der Waals surface area (Å²) in [5.74, 6) is -3.31. The lowest BCUT2D eigenvalue weighted by Gasteiger charge is -2.34. The van der Waals surface area contributed by atoms with Crippen LogP contribution in [0, 0.1) is 11.6 Å². The zero-order valence-corrected chi connectivity index (χ0v) is 13.9. The van der Waals surface area contributed by atoms with Gasteiger partial charge in [-0.15, -0.1) is 6.58 Å². The molecule has 132 valence electrons. The Hall–Kier alpha value is -2.76. The summed E-state index contributed by atoms with van der Waals surface area (Å²) in [5.41, 5.74) is 0.630. The minimum Gasteiger partial charge on any atom is -0.458 e. The third kappa shape index (κ3) is 3.84. The van der Waals surface area contributed by atoms with Crippen LogP contribution in [0.25, 0.3) is 0 Å². The van der Waals surface area contributed by atoms with Gasteiger partial charge in [-0.05, 0) is 18.6 Å². The topological polar surface area (TPSA) is 46.6 Å². The molecule has 0 aromatic heterocycles. The molecule has 6 heteroatoms. The number of benzene rings is 1. The van der Waals surface area contributed by atoms with Gasteiger partial charge in [-0.25, -0.2) is 13.6 Å². The zero-order chi connectivity index (χ0) is 18.6. The fraction of sp³-hybridized carbons (Fsp3) is 0.263. The normalized spacial score (nSPS) is 17.5. The molecule has 0 saturated carbocycles. The van der Waals surface area contributed by atoms with Gasteiger partial charge < -0.3 is 9.64 Å². The number of hydrogen-bond donors (Lipinski definition) is 0. The van der Waals surface area contributed by atoms with Gasteiger partial charge in [0.15, 0.2) is 0 Å². The Labute approximate surface area is 145 Å². The Morgan fingerprint density at radius 3 is 2.68 bits per heavy atom. The average molecular weight is 347 g/mol. The van der Waals surface area contributed by atoms with E-state index < -0.39 is 23.5 Å². The van der Waals surface area contributed by atoms with Crippen LogP contribution >= 0.6 is 0 Å². The number of nitrogens with zero attached hydrogens (tertiary/aromatic N) is 1. The van der Waals surface area contributed by atoms with Crippen molar-refractivity contribution in [2.24, 2.45) is 0 Å². The second kappa shape index (κ2) is 7.88. The van der Waals surface area contributed by atoms with Crippen LogP contribution in [0.3, 0.4) is 0 Å². The number of halogens is 2. The number of hydrogen-bond acceptors (Lipinski definition) is 3. The predicted octanol–water partition coefficient (Wildman–Crippen LogP) is 3.47. The highest BCUT2D eigenvalue weighted by Gasteiger charge is 2.37. The maximum Gasteiger partial charge on any atom is 0.336 e. The van der Waals surface area contributed by atoms with Gasteiger partial charge in [-0.2, -0.15) is 0 Å². The lowest BCUT2D eigenvalue weighted by Crippen LogP contribution is -2.38. The quantitative estimate of drug-likeness (QED) is 0.585. The summed E-state index contributed by atoms with van der Waals surface area (Å²) in [6.07, 6.45) is 2.83. The van der Waals surface area contributed by atoms with E-state index >= 15 is 0 Å². The molecule has 1 heterocycles. The molecular formula is C19H19F2NO3. The molecule has 0 aliphatic carbocycles. The monoisotopic (exact) mass is 347 g/mol. The summed E-state index contributed by atoms with van der Waals surface area (Å²) in [6, 6.07) is 3.08. The summed E-state index contributed by atoms with van der Waals surface area (Å²) < 4.78 is 32.6. The van der Waals surface area contributed by atoms with Crippen molar-refractivity contribution < 1.29 is 23.1 Å². The van der Waals surface area contributed by atoms with Crippen LogP contribution in [0.2, 0.25) is 0 Å². The molecule has 0 N–H and O–H groups in total. The first-order valence-electron chi connectivity index (χ1n) is 7.75. The number of carbonyl (C=O) groups excluding carboxylic acids is 2. The number of allylic oxidation sites excluding steroid dienone is 1. The Kier molecular flexibility index (Phi) is 5.85. The average Bonchev–Trinajstić information content (AvgIpc) is 2.56. The lowest BCUT2D eigenvalue weighted by atomic mass is 9.83. The fourth-order valence-electron chi connectivity index (χ4n) is 2.89.